The molecule has 0 saturated heterocycles. The van der Waals surface area contributed by atoms with Crippen LogP contribution >= 0.6 is 23.1 Å². The molecule has 0 unspecified atom stereocenters. The summed E-state index contributed by atoms with van der Waals surface area (Å²) in [5, 5.41) is 16.4. The molecule has 0 spiro atoms. The number of aromatic nitrogens is 1. The number of rotatable bonds is 7. The van der Waals surface area contributed by atoms with Crippen LogP contribution in [0.4, 0.5) is 5.69 Å². The Bertz CT molecular complexity index is 956. The van der Waals surface area contributed by atoms with E-state index in [4.69, 9.17) is 0 Å². The van der Waals surface area contributed by atoms with Gasteiger partial charge in [0.2, 0.25) is 0 Å². The quantitative estimate of drug-likeness (QED) is 0.281. The summed E-state index contributed by atoms with van der Waals surface area (Å²) >= 11 is 2.83. The zero-order valence-corrected chi connectivity index (χ0v) is 15.6. The van der Waals surface area contributed by atoms with Gasteiger partial charge in [0.1, 0.15) is 0 Å². The smallest absolute Gasteiger partial charge is 0.269 e. The Labute approximate surface area is 163 Å². The van der Waals surface area contributed by atoms with Crippen LogP contribution in [0.1, 0.15) is 5.56 Å². The van der Waals surface area contributed by atoms with Gasteiger partial charge in [-0.15, -0.1) is 11.3 Å². The number of nitro benzene ring substituents is 1. The molecule has 9 heteroatoms. The van der Waals surface area contributed by atoms with E-state index in [2.05, 4.69) is 15.5 Å². The molecule has 0 radical (unpaired) electrons. The number of hydrogen-bond donors (Lipinski definition) is 1. The maximum atomic E-state index is 11.9. The SMILES string of the molecule is O=C(CSc1nc(-c2ccccc2)cs1)N/N=C/c1ccc([N+](=O)[O-])cc1. The minimum absolute atomic E-state index is 0.00547. The van der Waals surface area contributed by atoms with E-state index in [0.29, 0.717) is 5.56 Å². The summed E-state index contributed by atoms with van der Waals surface area (Å²) in [5.74, 6) is -0.0612. The Hall–Kier alpha value is -3.04. The van der Waals surface area contributed by atoms with Gasteiger partial charge in [-0.1, -0.05) is 42.1 Å². The molecule has 0 bridgehead atoms. The standard InChI is InChI=1S/C18H14N4O3S2/c23-17(21-19-10-13-6-8-15(9-7-13)22(24)25)12-27-18-20-16(11-26-18)14-4-2-1-3-5-14/h1-11H,12H2,(H,21,23)/b19-10+. The molecule has 1 amide bonds. The Morgan fingerprint density at radius 1 is 1.22 bits per heavy atom. The third kappa shape index (κ3) is 5.47. The van der Waals surface area contributed by atoms with Gasteiger partial charge in [-0.05, 0) is 17.7 Å². The fourth-order valence-corrected chi connectivity index (χ4v) is 3.71. The molecular formula is C18H14N4O3S2. The van der Waals surface area contributed by atoms with E-state index in [-0.39, 0.29) is 17.3 Å². The lowest BCUT2D eigenvalue weighted by Crippen LogP contribution is -2.19. The van der Waals surface area contributed by atoms with Crippen molar-refractivity contribution < 1.29 is 9.72 Å². The summed E-state index contributed by atoms with van der Waals surface area (Å²) in [6, 6.07) is 15.7. The van der Waals surface area contributed by atoms with Gasteiger partial charge < -0.3 is 0 Å². The van der Waals surface area contributed by atoms with Gasteiger partial charge in [-0.2, -0.15) is 5.10 Å². The summed E-state index contributed by atoms with van der Waals surface area (Å²) in [7, 11) is 0. The second-order valence-corrected chi connectivity index (χ2v) is 7.38. The Morgan fingerprint density at radius 2 is 1.96 bits per heavy atom. The third-order valence-corrected chi connectivity index (χ3v) is 5.41. The van der Waals surface area contributed by atoms with Crippen molar-refractivity contribution in [3.63, 3.8) is 0 Å². The third-order valence-electron chi connectivity index (χ3n) is 3.39. The maximum absolute atomic E-state index is 11.9. The van der Waals surface area contributed by atoms with Crippen molar-refractivity contribution in [1.29, 1.82) is 0 Å². The highest BCUT2D eigenvalue weighted by atomic mass is 32.2. The minimum atomic E-state index is -0.470. The highest BCUT2D eigenvalue weighted by molar-refractivity contribution is 8.01. The van der Waals surface area contributed by atoms with Gasteiger partial charge in [0, 0.05) is 23.1 Å². The predicted molar refractivity (Wildman–Crippen MR) is 107 cm³/mol. The topological polar surface area (TPSA) is 97.5 Å². The van der Waals surface area contributed by atoms with Crippen LogP contribution in [0, 0.1) is 10.1 Å². The van der Waals surface area contributed by atoms with E-state index in [1.165, 1.54) is 41.4 Å². The Kier molecular flexibility index (Phi) is 6.29. The second kappa shape index (κ2) is 9.06. The number of non-ortho nitro benzene ring substituents is 1. The minimum Gasteiger partial charge on any atom is -0.272 e. The largest absolute Gasteiger partial charge is 0.272 e. The van der Waals surface area contributed by atoms with E-state index in [9.17, 15) is 14.9 Å². The number of hydrazone groups is 1. The van der Waals surface area contributed by atoms with Crippen molar-refractivity contribution in [2.24, 2.45) is 5.10 Å². The van der Waals surface area contributed by atoms with Crippen LogP contribution < -0.4 is 5.43 Å². The van der Waals surface area contributed by atoms with Crippen LogP contribution in [0.3, 0.4) is 0 Å². The molecule has 1 heterocycles. The molecule has 7 nitrogen and oxygen atoms in total. The molecule has 3 aromatic rings. The molecule has 136 valence electrons. The summed E-state index contributed by atoms with van der Waals surface area (Å²) in [4.78, 5) is 26.5. The molecule has 0 atom stereocenters. The average Bonchev–Trinajstić information content (AvgIpc) is 3.16. The number of nitrogens with zero attached hydrogens (tertiary/aromatic N) is 3. The van der Waals surface area contributed by atoms with Gasteiger partial charge in [-0.25, -0.2) is 10.4 Å². The lowest BCUT2D eigenvalue weighted by Gasteiger charge is -1.98. The lowest BCUT2D eigenvalue weighted by molar-refractivity contribution is -0.384. The van der Waals surface area contributed by atoms with E-state index >= 15 is 0 Å². The fourth-order valence-electron chi connectivity index (χ4n) is 2.09. The normalized spacial score (nSPS) is 10.8. The van der Waals surface area contributed by atoms with Crippen LogP contribution in [0.15, 0.2) is 69.4 Å². The van der Waals surface area contributed by atoms with Gasteiger partial charge in [0.15, 0.2) is 4.34 Å². The number of benzene rings is 2. The second-order valence-electron chi connectivity index (χ2n) is 5.30. The molecule has 0 aliphatic heterocycles. The Balaban J connectivity index is 1.47. The average molecular weight is 398 g/mol. The van der Waals surface area contributed by atoms with E-state index < -0.39 is 4.92 Å². The van der Waals surface area contributed by atoms with E-state index in [1.807, 2.05) is 35.7 Å². The van der Waals surface area contributed by atoms with Crippen LogP contribution in [0.25, 0.3) is 11.3 Å². The summed E-state index contributed by atoms with van der Waals surface area (Å²) in [6.07, 6.45) is 1.43. The van der Waals surface area contributed by atoms with Crippen molar-refractivity contribution in [3.05, 3.63) is 75.7 Å². The van der Waals surface area contributed by atoms with Crippen LogP contribution in [0.5, 0.6) is 0 Å². The van der Waals surface area contributed by atoms with Gasteiger partial charge in [-0.3, -0.25) is 14.9 Å². The van der Waals surface area contributed by atoms with Crippen molar-refractivity contribution in [3.8, 4) is 11.3 Å². The van der Waals surface area contributed by atoms with Crippen LogP contribution in [-0.2, 0) is 4.79 Å². The molecule has 3 rings (SSSR count). The summed E-state index contributed by atoms with van der Waals surface area (Å²) < 4.78 is 0.809. The number of carbonyl (C=O) groups is 1. The number of hydrogen-bond acceptors (Lipinski definition) is 7. The number of thiazole rings is 1. The van der Waals surface area contributed by atoms with E-state index in [0.717, 1.165) is 15.6 Å². The van der Waals surface area contributed by atoms with E-state index in [1.54, 1.807) is 12.1 Å². The van der Waals surface area contributed by atoms with Gasteiger partial charge in [0.05, 0.1) is 22.6 Å². The molecule has 0 saturated carbocycles. The first-order valence-electron chi connectivity index (χ1n) is 7.82. The highest BCUT2D eigenvalue weighted by Crippen LogP contribution is 2.27. The molecule has 0 fully saturated rings. The highest BCUT2D eigenvalue weighted by Gasteiger charge is 2.07. The zero-order chi connectivity index (χ0) is 19.1. The fraction of sp³-hybridized carbons (Fsp3) is 0.0556. The van der Waals surface area contributed by atoms with Crippen LogP contribution in [-0.4, -0.2) is 27.8 Å². The lowest BCUT2D eigenvalue weighted by atomic mass is 10.2. The van der Waals surface area contributed by atoms with Gasteiger partial charge >= 0.3 is 0 Å². The zero-order valence-electron chi connectivity index (χ0n) is 13.9. The summed E-state index contributed by atoms with van der Waals surface area (Å²) in [6.45, 7) is 0. The predicted octanol–water partition coefficient (Wildman–Crippen LogP) is 3.96. The molecule has 1 N–H and O–H groups in total. The molecular weight excluding hydrogens is 384 g/mol. The van der Waals surface area contributed by atoms with Crippen molar-refractivity contribution in [2.75, 3.05) is 5.75 Å². The first-order chi connectivity index (χ1) is 13.1. The molecule has 27 heavy (non-hydrogen) atoms. The summed E-state index contributed by atoms with van der Waals surface area (Å²) in [5.41, 5.74) is 5.02. The molecule has 0 aliphatic carbocycles. The first kappa shape index (κ1) is 18.7. The number of nitro groups is 1. The van der Waals surface area contributed by atoms with Crippen molar-refractivity contribution >= 4 is 40.9 Å². The first-order valence-corrected chi connectivity index (χ1v) is 9.68. The molecule has 0 aliphatic rings. The maximum Gasteiger partial charge on any atom is 0.269 e. The Morgan fingerprint density at radius 3 is 2.67 bits per heavy atom. The van der Waals surface area contributed by atoms with Crippen LogP contribution in [0.2, 0.25) is 0 Å². The number of amides is 1. The van der Waals surface area contributed by atoms with Gasteiger partial charge in [0.25, 0.3) is 11.6 Å². The monoisotopic (exact) mass is 398 g/mol. The number of thioether (sulfide) groups is 1. The molecule has 1 aromatic heterocycles. The van der Waals surface area contributed by atoms with Crippen molar-refractivity contribution in [2.45, 2.75) is 4.34 Å². The molecule has 2 aromatic carbocycles. The number of nitrogens with one attached hydrogen (secondary N) is 1. The number of carbonyl (C=O) groups excluding carboxylic acids is 1. The van der Waals surface area contributed by atoms with Crippen molar-refractivity contribution in [1.82, 2.24) is 10.4 Å².